The molecular formula is C14H17FN4O2S. The van der Waals surface area contributed by atoms with Crippen molar-refractivity contribution in [3.63, 3.8) is 0 Å². The van der Waals surface area contributed by atoms with E-state index in [0.29, 0.717) is 35.9 Å². The van der Waals surface area contributed by atoms with Crippen LogP contribution in [0.25, 0.3) is 11.4 Å². The highest BCUT2D eigenvalue weighted by molar-refractivity contribution is 7.99. The summed E-state index contributed by atoms with van der Waals surface area (Å²) >= 11 is 1.36. The molecule has 2 aromatic rings. The molecule has 0 aliphatic carbocycles. The first-order valence-electron chi connectivity index (χ1n) is 6.87. The number of thioether (sulfide) groups is 1. The zero-order chi connectivity index (χ0) is 15.9. The molecule has 0 aliphatic heterocycles. The fourth-order valence-corrected chi connectivity index (χ4v) is 2.61. The first-order valence-corrected chi connectivity index (χ1v) is 7.85. The summed E-state index contributed by atoms with van der Waals surface area (Å²) in [6.45, 7) is 2.16. The number of nitrogens with zero attached hydrogens (tertiary/aromatic N) is 3. The predicted molar refractivity (Wildman–Crippen MR) is 82.2 cm³/mol. The van der Waals surface area contributed by atoms with Gasteiger partial charge in [-0.05, 0) is 25.5 Å². The molecular weight excluding hydrogens is 307 g/mol. The van der Waals surface area contributed by atoms with Gasteiger partial charge >= 0.3 is 5.97 Å². The van der Waals surface area contributed by atoms with Crippen molar-refractivity contribution in [1.82, 2.24) is 14.9 Å². The monoisotopic (exact) mass is 324 g/mol. The summed E-state index contributed by atoms with van der Waals surface area (Å²) in [4.78, 5) is 11.2. The van der Waals surface area contributed by atoms with E-state index in [1.54, 1.807) is 25.1 Å². The summed E-state index contributed by atoms with van der Waals surface area (Å²) in [5, 5.41) is 8.35. The van der Waals surface area contributed by atoms with Crippen LogP contribution in [0.1, 0.15) is 19.8 Å². The Bertz CT molecular complexity index is 648. The number of nitrogens with two attached hydrogens (primary N) is 1. The van der Waals surface area contributed by atoms with Gasteiger partial charge < -0.3 is 10.6 Å². The number of aromatic nitrogens is 3. The van der Waals surface area contributed by atoms with Crippen LogP contribution in [0.15, 0.2) is 29.4 Å². The summed E-state index contributed by atoms with van der Waals surface area (Å²) in [6.07, 6.45) is 0.991. The lowest BCUT2D eigenvalue weighted by Crippen LogP contribution is -2.12. The number of benzene rings is 1. The molecule has 1 heterocycles. The maximum Gasteiger partial charge on any atom is 0.305 e. The number of rotatable bonds is 7. The lowest BCUT2D eigenvalue weighted by atomic mass is 10.2. The van der Waals surface area contributed by atoms with Gasteiger partial charge in [-0.15, -0.1) is 10.2 Å². The van der Waals surface area contributed by atoms with Gasteiger partial charge in [-0.25, -0.2) is 9.07 Å². The Labute approximate surface area is 131 Å². The van der Waals surface area contributed by atoms with Crippen LogP contribution >= 0.6 is 11.8 Å². The second-order valence-electron chi connectivity index (χ2n) is 4.41. The third-order valence-electron chi connectivity index (χ3n) is 2.84. The van der Waals surface area contributed by atoms with Crippen LogP contribution in [0.3, 0.4) is 0 Å². The van der Waals surface area contributed by atoms with Crippen molar-refractivity contribution < 1.29 is 13.9 Å². The molecule has 22 heavy (non-hydrogen) atoms. The number of carbonyl (C=O) groups is 1. The molecule has 8 heteroatoms. The van der Waals surface area contributed by atoms with Crippen LogP contribution in [0.5, 0.6) is 0 Å². The van der Waals surface area contributed by atoms with Crippen molar-refractivity contribution in [2.24, 2.45) is 0 Å². The fraction of sp³-hybridized carbons (Fsp3) is 0.357. The van der Waals surface area contributed by atoms with Gasteiger partial charge in [-0.2, -0.15) is 0 Å². The highest BCUT2D eigenvalue weighted by Crippen LogP contribution is 2.24. The molecule has 0 spiro atoms. The Morgan fingerprint density at radius 2 is 2.18 bits per heavy atom. The van der Waals surface area contributed by atoms with E-state index in [0.717, 1.165) is 0 Å². The predicted octanol–water partition coefficient (Wildman–Crippen LogP) is 2.23. The molecule has 1 aromatic carbocycles. The van der Waals surface area contributed by atoms with Gasteiger partial charge in [0.2, 0.25) is 5.16 Å². The van der Waals surface area contributed by atoms with Gasteiger partial charge in [0.25, 0.3) is 0 Å². The number of esters is 1. The lowest BCUT2D eigenvalue weighted by molar-refractivity contribution is -0.143. The smallest absolute Gasteiger partial charge is 0.305 e. The second kappa shape index (κ2) is 7.79. The van der Waals surface area contributed by atoms with Crippen molar-refractivity contribution in [2.75, 3.05) is 18.2 Å². The van der Waals surface area contributed by atoms with E-state index in [1.165, 1.54) is 22.5 Å². The molecule has 118 valence electrons. The molecule has 0 radical (unpaired) electrons. The SMILES string of the molecule is CCOC(=O)CCCSc1nnc(-c2ccccc2F)n1N. The number of ether oxygens (including phenoxy) is 1. The standard InChI is InChI=1S/C14H17FN4O2S/c1-2-21-12(20)8-5-9-22-14-18-17-13(19(14)16)10-6-3-4-7-11(10)15/h3-4,6-7H,2,5,8-9,16H2,1H3. The molecule has 0 saturated heterocycles. The first kappa shape index (κ1) is 16.3. The number of hydrogen-bond donors (Lipinski definition) is 1. The maximum absolute atomic E-state index is 13.7. The van der Waals surface area contributed by atoms with E-state index in [9.17, 15) is 9.18 Å². The van der Waals surface area contributed by atoms with E-state index >= 15 is 0 Å². The van der Waals surface area contributed by atoms with E-state index in [-0.39, 0.29) is 11.8 Å². The average molecular weight is 324 g/mol. The Morgan fingerprint density at radius 1 is 1.41 bits per heavy atom. The van der Waals surface area contributed by atoms with Gasteiger partial charge in [0, 0.05) is 12.2 Å². The van der Waals surface area contributed by atoms with Gasteiger partial charge in [0.15, 0.2) is 5.82 Å². The number of carbonyl (C=O) groups excluding carboxylic acids is 1. The van der Waals surface area contributed by atoms with Gasteiger partial charge in [0.05, 0.1) is 12.2 Å². The largest absolute Gasteiger partial charge is 0.466 e. The van der Waals surface area contributed by atoms with E-state index in [2.05, 4.69) is 10.2 Å². The maximum atomic E-state index is 13.7. The highest BCUT2D eigenvalue weighted by Gasteiger charge is 2.15. The fourth-order valence-electron chi connectivity index (χ4n) is 1.81. The van der Waals surface area contributed by atoms with Gasteiger partial charge in [-0.1, -0.05) is 23.9 Å². The summed E-state index contributed by atoms with van der Waals surface area (Å²) < 4.78 is 19.8. The number of nitrogen functional groups attached to an aromatic ring is 1. The Balaban J connectivity index is 1.94. The topological polar surface area (TPSA) is 83.0 Å². The van der Waals surface area contributed by atoms with Crippen molar-refractivity contribution in [3.05, 3.63) is 30.1 Å². The molecule has 0 unspecified atom stereocenters. The molecule has 0 saturated carbocycles. The first-order chi connectivity index (χ1) is 10.6. The summed E-state index contributed by atoms with van der Waals surface area (Å²) in [7, 11) is 0. The minimum atomic E-state index is -0.402. The third-order valence-corrected chi connectivity index (χ3v) is 3.87. The van der Waals surface area contributed by atoms with Crippen molar-refractivity contribution in [3.8, 4) is 11.4 Å². The average Bonchev–Trinajstić information content (AvgIpc) is 2.86. The Morgan fingerprint density at radius 3 is 2.91 bits per heavy atom. The van der Waals surface area contributed by atoms with E-state index in [1.807, 2.05) is 0 Å². The minimum absolute atomic E-state index is 0.218. The molecule has 0 bridgehead atoms. The molecule has 2 rings (SSSR count). The Hall–Kier alpha value is -2.09. The molecule has 0 fully saturated rings. The minimum Gasteiger partial charge on any atom is -0.466 e. The number of hydrogen-bond acceptors (Lipinski definition) is 6. The zero-order valence-electron chi connectivity index (χ0n) is 12.2. The van der Waals surface area contributed by atoms with Gasteiger partial charge in [-0.3, -0.25) is 4.79 Å². The third kappa shape index (κ3) is 3.97. The van der Waals surface area contributed by atoms with Crippen LogP contribution in [0.2, 0.25) is 0 Å². The summed E-state index contributed by atoms with van der Waals surface area (Å²) in [5.41, 5.74) is 0.302. The van der Waals surface area contributed by atoms with Gasteiger partial charge in [0.1, 0.15) is 5.82 Å². The second-order valence-corrected chi connectivity index (χ2v) is 5.48. The summed E-state index contributed by atoms with van der Waals surface area (Å²) in [5.74, 6) is 6.20. The lowest BCUT2D eigenvalue weighted by Gasteiger charge is -2.04. The quantitative estimate of drug-likeness (QED) is 0.364. The number of halogens is 1. The molecule has 1 aromatic heterocycles. The molecule has 6 nitrogen and oxygen atoms in total. The summed E-state index contributed by atoms with van der Waals surface area (Å²) in [6, 6.07) is 6.24. The molecule has 0 atom stereocenters. The van der Waals surface area contributed by atoms with Crippen LogP contribution in [-0.4, -0.2) is 33.2 Å². The van der Waals surface area contributed by atoms with Crippen LogP contribution in [0.4, 0.5) is 4.39 Å². The van der Waals surface area contributed by atoms with Crippen LogP contribution in [0, 0.1) is 5.82 Å². The molecule has 0 amide bonds. The van der Waals surface area contributed by atoms with Crippen molar-refractivity contribution >= 4 is 17.7 Å². The van der Waals surface area contributed by atoms with Crippen LogP contribution < -0.4 is 5.84 Å². The zero-order valence-corrected chi connectivity index (χ0v) is 13.0. The highest BCUT2D eigenvalue weighted by atomic mass is 32.2. The van der Waals surface area contributed by atoms with Crippen molar-refractivity contribution in [1.29, 1.82) is 0 Å². The van der Waals surface area contributed by atoms with Crippen LogP contribution in [-0.2, 0) is 9.53 Å². The van der Waals surface area contributed by atoms with Crippen molar-refractivity contribution in [2.45, 2.75) is 24.9 Å². The Kier molecular flexibility index (Phi) is 5.76. The normalized spacial score (nSPS) is 10.6. The molecule has 2 N–H and O–H groups in total. The van der Waals surface area contributed by atoms with E-state index in [4.69, 9.17) is 10.6 Å². The molecule has 0 aliphatic rings. The van der Waals surface area contributed by atoms with E-state index < -0.39 is 5.82 Å².